The number of aliphatic hydroxyl groups is 1. The Morgan fingerprint density at radius 2 is 1.86 bits per heavy atom. The molecule has 1 aromatic rings. The molecule has 0 heterocycles. The van der Waals surface area contributed by atoms with E-state index in [2.05, 4.69) is 6.92 Å². The van der Waals surface area contributed by atoms with E-state index in [1.807, 2.05) is 0 Å². The summed E-state index contributed by atoms with van der Waals surface area (Å²) in [5, 5.41) is 10.6. The van der Waals surface area contributed by atoms with Crippen LogP contribution in [0.15, 0.2) is 18.2 Å². The molecule has 0 aliphatic heterocycles. The molecule has 2 rings (SSSR count). The Morgan fingerprint density at radius 1 is 1.24 bits per heavy atom. The topological polar surface area (TPSA) is 20.2 Å². The van der Waals surface area contributed by atoms with E-state index in [0.717, 1.165) is 37.8 Å². The maximum Gasteiger partial charge on any atom is 0.419 e. The minimum Gasteiger partial charge on any atom is -0.385 e. The minimum atomic E-state index is -4.70. The molecule has 0 aromatic heterocycles. The van der Waals surface area contributed by atoms with Gasteiger partial charge in [0.25, 0.3) is 0 Å². The molecule has 21 heavy (non-hydrogen) atoms. The molecule has 0 atom stereocenters. The molecule has 118 valence electrons. The van der Waals surface area contributed by atoms with Crippen LogP contribution < -0.4 is 0 Å². The molecule has 5 heteroatoms. The predicted molar refractivity (Wildman–Crippen MR) is 72.2 cm³/mol. The average molecular weight is 304 g/mol. The van der Waals surface area contributed by atoms with E-state index >= 15 is 0 Å². The first kappa shape index (κ1) is 16.3. The van der Waals surface area contributed by atoms with Gasteiger partial charge >= 0.3 is 6.18 Å². The van der Waals surface area contributed by atoms with E-state index in [9.17, 15) is 22.7 Å². The van der Waals surface area contributed by atoms with Gasteiger partial charge < -0.3 is 5.11 Å². The lowest BCUT2D eigenvalue weighted by atomic mass is 9.74. The van der Waals surface area contributed by atoms with Crippen molar-refractivity contribution in [2.75, 3.05) is 0 Å². The third-order valence-corrected chi connectivity index (χ3v) is 4.44. The molecule has 1 N–H and O–H groups in total. The van der Waals surface area contributed by atoms with Crippen LogP contribution in [0.4, 0.5) is 17.6 Å². The average Bonchev–Trinajstić information content (AvgIpc) is 2.40. The van der Waals surface area contributed by atoms with Crippen molar-refractivity contribution in [2.45, 2.75) is 57.2 Å². The quantitative estimate of drug-likeness (QED) is 0.777. The Balaban J connectivity index is 2.17. The first-order valence-electron chi connectivity index (χ1n) is 7.36. The van der Waals surface area contributed by atoms with Crippen LogP contribution >= 0.6 is 0 Å². The summed E-state index contributed by atoms with van der Waals surface area (Å²) in [5.41, 5.74) is -2.23. The lowest BCUT2D eigenvalue weighted by Gasteiger charge is -2.36. The van der Waals surface area contributed by atoms with Gasteiger partial charge in [0.05, 0.1) is 11.2 Å². The first-order chi connectivity index (χ1) is 9.76. The maximum absolute atomic E-state index is 13.6. The van der Waals surface area contributed by atoms with Crippen molar-refractivity contribution < 1.29 is 22.7 Å². The van der Waals surface area contributed by atoms with Gasteiger partial charge in [0.15, 0.2) is 0 Å². The molecular weight excluding hydrogens is 284 g/mol. The van der Waals surface area contributed by atoms with Crippen molar-refractivity contribution in [3.05, 3.63) is 35.1 Å². The zero-order chi connectivity index (χ0) is 15.7. The molecule has 1 aliphatic rings. The van der Waals surface area contributed by atoms with Crippen LogP contribution in [0.1, 0.15) is 56.6 Å². The number of benzene rings is 1. The Labute approximate surface area is 122 Å². The third-order valence-electron chi connectivity index (χ3n) is 4.44. The monoisotopic (exact) mass is 304 g/mol. The fraction of sp³-hybridized carbons (Fsp3) is 0.625. The standard InChI is InChI=1S/C16H20F4O/c1-2-3-11-6-8-15(21,9-7-11)12-4-5-13(14(17)10-12)16(18,19)20/h4-5,10-11,21H,2-3,6-9H2,1H3. The van der Waals surface area contributed by atoms with Crippen molar-refractivity contribution in [3.8, 4) is 0 Å². The van der Waals surface area contributed by atoms with Crippen LogP contribution in [0.2, 0.25) is 0 Å². The summed E-state index contributed by atoms with van der Waals surface area (Å²) < 4.78 is 51.3. The van der Waals surface area contributed by atoms with Gasteiger partial charge in [-0.25, -0.2) is 4.39 Å². The van der Waals surface area contributed by atoms with Crippen LogP contribution in [0.5, 0.6) is 0 Å². The van der Waals surface area contributed by atoms with Crippen molar-refractivity contribution in [1.82, 2.24) is 0 Å². The summed E-state index contributed by atoms with van der Waals surface area (Å²) in [4.78, 5) is 0. The molecule has 0 bridgehead atoms. The van der Waals surface area contributed by atoms with Gasteiger partial charge in [0.2, 0.25) is 0 Å². The van der Waals surface area contributed by atoms with Gasteiger partial charge in [-0.1, -0.05) is 25.8 Å². The van der Waals surface area contributed by atoms with Gasteiger partial charge in [-0.15, -0.1) is 0 Å². The molecule has 1 fully saturated rings. The largest absolute Gasteiger partial charge is 0.419 e. The number of hydrogen-bond acceptors (Lipinski definition) is 1. The second kappa shape index (κ2) is 5.95. The summed E-state index contributed by atoms with van der Waals surface area (Å²) in [6.45, 7) is 2.10. The highest BCUT2D eigenvalue weighted by molar-refractivity contribution is 5.30. The zero-order valence-electron chi connectivity index (χ0n) is 12.0. The molecule has 1 saturated carbocycles. The number of hydrogen-bond donors (Lipinski definition) is 1. The minimum absolute atomic E-state index is 0.253. The second-order valence-corrected chi connectivity index (χ2v) is 5.96. The highest BCUT2D eigenvalue weighted by Gasteiger charge is 2.38. The first-order valence-corrected chi connectivity index (χ1v) is 7.36. The SMILES string of the molecule is CCCC1CCC(O)(c2ccc(C(F)(F)F)c(F)c2)CC1. The summed E-state index contributed by atoms with van der Waals surface area (Å²) in [7, 11) is 0. The molecular formula is C16H20F4O. The normalized spacial score (nSPS) is 26.9. The van der Waals surface area contributed by atoms with E-state index in [1.165, 1.54) is 6.07 Å². The number of rotatable bonds is 3. The summed E-state index contributed by atoms with van der Waals surface area (Å²) in [5.74, 6) is -0.765. The van der Waals surface area contributed by atoms with E-state index in [1.54, 1.807) is 0 Å². The Morgan fingerprint density at radius 3 is 2.33 bits per heavy atom. The summed E-state index contributed by atoms with van der Waals surface area (Å²) in [6.07, 6.45) is 0.0738. The molecule has 0 saturated heterocycles. The smallest absolute Gasteiger partial charge is 0.385 e. The molecule has 0 radical (unpaired) electrons. The third kappa shape index (κ3) is 3.57. The van der Waals surface area contributed by atoms with Crippen LogP contribution in [0, 0.1) is 11.7 Å². The number of alkyl halides is 3. The van der Waals surface area contributed by atoms with Crippen molar-refractivity contribution >= 4 is 0 Å². The predicted octanol–water partition coefficient (Wildman–Crippen LogP) is 5.02. The molecule has 0 amide bonds. The fourth-order valence-electron chi connectivity index (χ4n) is 3.18. The van der Waals surface area contributed by atoms with Crippen molar-refractivity contribution in [2.24, 2.45) is 5.92 Å². The van der Waals surface area contributed by atoms with Gasteiger partial charge in [0, 0.05) is 0 Å². The molecule has 1 aromatic carbocycles. The summed E-state index contributed by atoms with van der Waals surface area (Å²) >= 11 is 0. The van der Waals surface area contributed by atoms with E-state index in [-0.39, 0.29) is 5.56 Å². The van der Waals surface area contributed by atoms with Crippen LogP contribution in [0.3, 0.4) is 0 Å². The van der Waals surface area contributed by atoms with Crippen LogP contribution in [0.25, 0.3) is 0 Å². The highest BCUT2D eigenvalue weighted by Crippen LogP contribution is 2.42. The molecule has 1 nitrogen and oxygen atoms in total. The Hall–Kier alpha value is -1.10. The molecule has 1 aliphatic carbocycles. The Bertz CT molecular complexity index is 488. The van der Waals surface area contributed by atoms with Crippen LogP contribution in [-0.2, 0) is 11.8 Å². The highest BCUT2D eigenvalue weighted by atomic mass is 19.4. The summed E-state index contributed by atoms with van der Waals surface area (Å²) in [6, 6.07) is 2.76. The van der Waals surface area contributed by atoms with Crippen molar-refractivity contribution in [1.29, 1.82) is 0 Å². The molecule has 0 spiro atoms. The van der Waals surface area contributed by atoms with Gasteiger partial charge in [0.1, 0.15) is 5.82 Å². The zero-order valence-corrected chi connectivity index (χ0v) is 12.0. The van der Waals surface area contributed by atoms with E-state index < -0.39 is 23.2 Å². The fourth-order valence-corrected chi connectivity index (χ4v) is 3.18. The van der Waals surface area contributed by atoms with Gasteiger partial charge in [-0.05, 0) is 49.3 Å². The maximum atomic E-state index is 13.6. The number of halogens is 4. The van der Waals surface area contributed by atoms with Crippen molar-refractivity contribution in [3.63, 3.8) is 0 Å². The van der Waals surface area contributed by atoms with Gasteiger partial charge in [-0.3, -0.25) is 0 Å². The lowest BCUT2D eigenvalue weighted by molar-refractivity contribution is -0.140. The van der Waals surface area contributed by atoms with Gasteiger partial charge in [-0.2, -0.15) is 13.2 Å². The van der Waals surface area contributed by atoms with Crippen LogP contribution in [-0.4, -0.2) is 5.11 Å². The lowest BCUT2D eigenvalue weighted by Crippen LogP contribution is -2.31. The Kier molecular flexibility index (Phi) is 4.61. The van der Waals surface area contributed by atoms with E-state index in [4.69, 9.17) is 0 Å². The second-order valence-electron chi connectivity index (χ2n) is 5.96. The van der Waals surface area contributed by atoms with E-state index in [0.29, 0.717) is 18.8 Å². The molecule has 0 unspecified atom stereocenters.